The maximum Gasteiger partial charge on any atom is 0.257 e. The molecule has 4 heteroatoms. The largest absolute Gasteiger partial charge is 0.331 e. The van der Waals surface area contributed by atoms with E-state index in [1.165, 1.54) is 6.07 Å². The molecule has 108 valence electrons. The summed E-state index contributed by atoms with van der Waals surface area (Å²) in [6.45, 7) is 0.446. The number of hydrogen-bond donors (Lipinski definition) is 0. The fourth-order valence-corrected chi connectivity index (χ4v) is 2.35. The third-order valence-electron chi connectivity index (χ3n) is 3.61. The molecular weight excluding hydrogens is 272 g/mol. The highest BCUT2D eigenvalue weighted by atomic mass is 19.1. The van der Waals surface area contributed by atoms with Crippen molar-refractivity contribution < 1.29 is 13.6 Å². The van der Waals surface area contributed by atoms with Crippen LogP contribution in [-0.4, -0.2) is 16.8 Å². The third kappa shape index (κ3) is 3.10. The molecule has 0 saturated heterocycles. The van der Waals surface area contributed by atoms with Gasteiger partial charge in [-0.1, -0.05) is 30.3 Å². The Morgan fingerprint density at radius 2 is 1.81 bits per heavy atom. The minimum Gasteiger partial charge on any atom is -0.331 e. The maximum atomic E-state index is 13.8. The third-order valence-corrected chi connectivity index (χ3v) is 3.61. The van der Waals surface area contributed by atoms with Gasteiger partial charge < -0.3 is 4.90 Å². The molecular formula is C17H15F2NO. The van der Waals surface area contributed by atoms with Gasteiger partial charge in [-0.3, -0.25) is 4.79 Å². The Kier molecular flexibility index (Phi) is 3.69. The summed E-state index contributed by atoms with van der Waals surface area (Å²) in [5, 5.41) is 0. The van der Waals surface area contributed by atoms with Gasteiger partial charge >= 0.3 is 0 Å². The van der Waals surface area contributed by atoms with Crippen molar-refractivity contribution in [3.63, 3.8) is 0 Å². The van der Waals surface area contributed by atoms with E-state index in [1.807, 2.05) is 30.3 Å². The quantitative estimate of drug-likeness (QED) is 0.838. The first kappa shape index (κ1) is 13.7. The Balaban J connectivity index is 1.85. The number of carbonyl (C=O) groups is 1. The summed E-state index contributed by atoms with van der Waals surface area (Å²) in [6, 6.07) is 12.8. The van der Waals surface area contributed by atoms with Crippen molar-refractivity contribution in [1.82, 2.24) is 4.90 Å². The number of hydrogen-bond acceptors (Lipinski definition) is 1. The van der Waals surface area contributed by atoms with Crippen molar-refractivity contribution >= 4 is 5.91 Å². The molecule has 1 saturated carbocycles. The summed E-state index contributed by atoms with van der Waals surface area (Å²) in [7, 11) is 0. The molecule has 0 atom stereocenters. The predicted octanol–water partition coefficient (Wildman–Crippen LogP) is 3.77. The average Bonchev–Trinajstić information content (AvgIpc) is 3.30. The number of rotatable bonds is 4. The standard InChI is InChI=1S/C17H15F2NO/c18-13-6-9-15(16(19)10-13)17(21)20(14-7-8-14)11-12-4-2-1-3-5-12/h1-6,9-10,14H,7-8,11H2. The van der Waals surface area contributed by atoms with Gasteiger partial charge in [0.2, 0.25) is 0 Å². The van der Waals surface area contributed by atoms with Gasteiger partial charge in [-0.25, -0.2) is 8.78 Å². The van der Waals surface area contributed by atoms with Crippen molar-refractivity contribution in [2.24, 2.45) is 0 Å². The Bertz CT molecular complexity index is 653. The maximum absolute atomic E-state index is 13.8. The smallest absolute Gasteiger partial charge is 0.257 e. The lowest BCUT2D eigenvalue weighted by Crippen LogP contribution is -2.33. The van der Waals surface area contributed by atoms with Crippen LogP contribution in [0.15, 0.2) is 48.5 Å². The number of nitrogens with zero attached hydrogens (tertiary/aromatic N) is 1. The Morgan fingerprint density at radius 3 is 2.43 bits per heavy atom. The van der Waals surface area contributed by atoms with Crippen LogP contribution in [0.2, 0.25) is 0 Å². The molecule has 21 heavy (non-hydrogen) atoms. The fourth-order valence-electron chi connectivity index (χ4n) is 2.35. The van der Waals surface area contributed by atoms with Crippen LogP contribution in [0.5, 0.6) is 0 Å². The molecule has 0 spiro atoms. The number of amides is 1. The lowest BCUT2D eigenvalue weighted by atomic mass is 10.1. The van der Waals surface area contributed by atoms with Crippen LogP contribution < -0.4 is 0 Å². The number of halogens is 2. The van der Waals surface area contributed by atoms with E-state index >= 15 is 0 Å². The molecule has 1 aliphatic carbocycles. The van der Waals surface area contributed by atoms with Crippen LogP contribution >= 0.6 is 0 Å². The monoisotopic (exact) mass is 287 g/mol. The van der Waals surface area contributed by atoms with E-state index in [1.54, 1.807) is 4.90 Å². The normalized spacial score (nSPS) is 14.0. The Labute approximate surface area is 122 Å². The molecule has 0 N–H and O–H groups in total. The first-order valence-corrected chi connectivity index (χ1v) is 6.95. The Morgan fingerprint density at radius 1 is 1.10 bits per heavy atom. The molecule has 2 aromatic rings. The van der Waals surface area contributed by atoms with Gasteiger partial charge in [0.15, 0.2) is 0 Å². The van der Waals surface area contributed by atoms with Crippen LogP contribution in [-0.2, 0) is 6.54 Å². The summed E-state index contributed by atoms with van der Waals surface area (Å²) in [5.74, 6) is -1.86. The van der Waals surface area contributed by atoms with Crippen LogP contribution in [0.25, 0.3) is 0 Å². The summed E-state index contributed by atoms with van der Waals surface area (Å²) in [4.78, 5) is 14.2. The second kappa shape index (κ2) is 5.64. The molecule has 2 nitrogen and oxygen atoms in total. The average molecular weight is 287 g/mol. The number of carbonyl (C=O) groups excluding carboxylic acids is 1. The highest BCUT2D eigenvalue weighted by molar-refractivity contribution is 5.94. The van der Waals surface area contributed by atoms with Gasteiger partial charge in [0.05, 0.1) is 5.56 Å². The van der Waals surface area contributed by atoms with E-state index < -0.39 is 11.6 Å². The second-order valence-electron chi connectivity index (χ2n) is 5.27. The zero-order valence-corrected chi connectivity index (χ0v) is 11.4. The zero-order chi connectivity index (χ0) is 14.8. The highest BCUT2D eigenvalue weighted by Crippen LogP contribution is 2.30. The van der Waals surface area contributed by atoms with Crippen LogP contribution in [0.4, 0.5) is 8.78 Å². The topological polar surface area (TPSA) is 20.3 Å². The minimum absolute atomic E-state index is 0.0702. The van der Waals surface area contributed by atoms with E-state index in [4.69, 9.17) is 0 Å². The van der Waals surface area contributed by atoms with E-state index in [0.717, 1.165) is 30.5 Å². The van der Waals surface area contributed by atoms with E-state index in [0.29, 0.717) is 6.54 Å². The van der Waals surface area contributed by atoms with E-state index in [9.17, 15) is 13.6 Å². The van der Waals surface area contributed by atoms with Gasteiger partial charge in [0, 0.05) is 18.7 Å². The SMILES string of the molecule is O=C(c1ccc(F)cc1F)N(Cc1ccccc1)C1CC1. The molecule has 3 rings (SSSR count). The van der Waals surface area contributed by atoms with Crippen molar-refractivity contribution in [1.29, 1.82) is 0 Å². The van der Waals surface area contributed by atoms with Crippen LogP contribution in [0.3, 0.4) is 0 Å². The molecule has 1 fully saturated rings. The summed E-state index contributed by atoms with van der Waals surface area (Å²) < 4.78 is 26.8. The lowest BCUT2D eigenvalue weighted by molar-refractivity contribution is 0.0725. The zero-order valence-electron chi connectivity index (χ0n) is 11.4. The first-order chi connectivity index (χ1) is 10.1. The molecule has 1 aliphatic rings. The van der Waals surface area contributed by atoms with Gasteiger partial charge in [-0.15, -0.1) is 0 Å². The molecule has 0 radical (unpaired) electrons. The Hall–Kier alpha value is -2.23. The molecule has 0 unspecified atom stereocenters. The van der Waals surface area contributed by atoms with Crippen molar-refractivity contribution in [2.75, 3.05) is 0 Å². The first-order valence-electron chi connectivity index (χ1n) is 6.95. The molecule has 1 amide bonds. The van der Waals surface area contributed by atoms with Gasteiger partial charge in [-0.2, -0.15) is 0 Å². The molecule has 0 aromatic heterocycles. The molecule has 2 aromatic carbocycles. The molecule has 0 heterocycles. The van der Waals surface area contributed by atoms with Gasteiger partial charge in [0.25, 0.3) is 5.91 Å². The van der Waals surface area contributed by atoms with E-state index in [2.05, 4.69) is 0 Å². The minimum atomic E-state index is -0.807. The lowest BCUT2D eigenvalue weighted by Gasteiger charge is -2.23. The van der Waals surface area contributed by atoms with Gasteiger partial charge in [-0.05, 0) is 30.5 Å². The predicted molar refractivity (Wildman–Crippen MR) is 75.7 cm³/mol. The van der Waals surface area contributed by atoms with Gasteiger partial charge in [0.1, 0.15) is 11.6 Å². The van der Waals surface area contributed by atoms with E-state index in [-0.39, 0.29) is 17.5 Å². The van der Waals surface area contributed by atoms with Crippen LogP contribution in [0, 0.1) is 11.6 Å². The summed E-state index contributed by atoms with van der Waals surface area (Å²) in [6.07, 6.45) is 1.86. The summed E-state index contributed by atoms with van der Waals surface area (Å²) in [5.41, 5.74) is 0.930. The van der Waals surface area contributed by atoms with Crippen molar-refractivity contribution in [2.45, 2.75) is 25.4 Å². The molecule has 0 bridgehead atoms. The fraction of sp³-hybridized carbons (Fsp3) is 0.235. The van der Waals surface area contributed by atoms with Crippen molar-refractivity contribution in [3.05, 3.63) is 71.3 Å². The van der Waals surface area contributed by atoms with Crippen molar-refractivity contribution in [3.8, 4) is 0 Å². The molecule has 0 aliphatic heterocycles. The second-order valence-corrected chi connectivity index (χ2v) is 5.27. The number of benzene rings is 2. The van der Waals surface area contributed by atoms with Crippen LogP contribution in [0.1, 0.15) is 28.8 Å². The summed E-state index contributed by atoms with van der Waals surface area (Å²) >= 11 is 0. The highest BCUT2D eigenvalue weighted by Gasteiger charge is 2.34.